The molecule has 0 amide bonds. The van der Waals surface area contributed by atoms with E-state index in [1.54, 1.807) is 17.5 Å². The SMILES string of the molecule is Nc1cnc(N2CCN(C3CC3)CC2)s1. The molecule has 0 bridgehead atoms. The zero-order chi connectivity index (χ0) is 10.3. The molecule has 0 unspecified atom stereocenters. The van der Waals surface area contributed by atoms with Gasteiger partial charge in [0.2, 0.25) is 0 Å². The Bertz CT molecular complexity index is 339. The van der Waals surface area contributed by atoms with Crippen molar-refractivity contribution in [3.63, 3.8) is 0 Å². The predicted molar refractivity (Wildman–Crippen MR) is 63.3 cm³/mol. The average molecular weight is 224 g/mol. The van der Waals surface area contributed by atoms with Gasteiger partial charge in [0.25, 0.3) is 0 Å². The van der Waals surface area contributed by atoms with Crippen LogP contribution in [0, 0.1) is 0 Å². The van der Waals surface area contributed by atoms with Crippen LogP contribution in [0.1, 0.15) is 12.8 Å². The third-order valence-corrected chi connectivity index (χ3v) is 4.05. The van der Waals surface area contributed by atoms with Crippen LogP contribution in [0.25, 0.3) is 0 Å². The standard InChI is InChI=1S/C10H16N4S/c11-9-7-12-10(15-9)14-5-3-13(4-6-14)8-1-2-8/h7-8H,1-6,11H2. The van der Waals surface area contributed by atoms with Crippen molar-refractivity contribution in [1.82, 2.24) is 9.88 Å². The molecule has 2 heterocycles. The predicted octanol–water partition coefficient (Wildman–Crippen LogP) is 1.01. The summed E-state index contributed by atoms with van der Waals surface area (Å²) in [6.07, 6.45) is 4.57. The number of aromatic nitrogens is 1. The van der Waals surface area contributed by atoms with Crippen molar-refractivity contribution in [2.24, 2.45) is 0 Å². The zero-order valence-corrected chi connectivity index (χ0v) is 9.54. The van der Waals surface area contributed by atoms with Crippen molar-refractivity contribution < 1.29 is 0 Å². The summed E-state index contributed by atoms with van der Waals surface area (Å²) < 4.78 is 0. The van der Waals surface area contributed by atoms with Crippen molar-refractivity contribution in [2.45, 2.75) is 18.9 Å². The van der Waals surface area contributed by atoms with Gasteiger partial charge in [-0.3, -0.25) is 4.90 Å². The summed E-state index contributed by atoms with van der Waals surface area (Å²) in [6, 6.07) is 0.897. The van der Waals surface area contributed by atoms with Crippen LogP contribution in [0.2, 0.25) is 0 Å². The number of anilines is 2. The first-order valence-corrected chi connectivity index (χ1v) is 6.35. The van der Waals surface area contributed by atoms with E-state index in [0.29, 0.717) is 0 Å². The lowest BCUT2D eigenvalue weighted by Gasteiger charge is -2.34. The Morgan fingerprint density at radius 1 is 1.27 bits per heavy atom. The molecule has 4 nitrogen and oxygen atoms in total. The minimum Gasteiger partial charge on any atom is -0.389 e. The highest BCUT2D eigenvalue weighted by Gasteiger charge is 2.31. The Kier molecular flexibility index (Phi) is 2.29. The Morgan fingerprint density at radius 2 is 2.00 bits per heavy atom. The molecule has 5 heteroatoms. The number of nitrogens with zero attached hydrogens (tertiary/aromatic N) is 3. The number of hydrogen-bond donors (Lipinski definition) is 1. The van der Waals surface area contributed by atoms with Gasteiger partial charge in [-0.1, -0.05) is 11.3 Å². The Balaban J connectivity index is 1.61. The van der Waals surface area contributed by atoms with Gasteiger partial charge in [-0.25, -0.2) is 4.98 Å². The molecule has 82 valence electrons. The molecule has 1 saturated carbocycles. The lowest BCUT2D eigenvalue weighted by molar-refractivity contribution is 0.248. The van der Waals surface area contributed by atoms with Gasteiger partial charge in [0.05, 0.1) is 6.20 Å². The first-order valence-electron chi connectivity index (χ1n) is 5.53. The largest absolute Gasteiger partial charge is 0.389 e. The maximum atomic E-state index is 5.69. The van der Waals surface area contributed by atoms with Crippen LogP contribution in [0.15, 0.2) is 6.20 Å². The minimum absolute atomic E-state index is 0.814. The third-order valence-electron chi connectivity index (χ3n) is 3.16. The van der Waals surface area contributed by atoms with Gasteiger partial charge < -0.3 is 10.6 Å². The summed E-state index contributed by atoms with van der Waals surface area (Å²) >= 11 is 1.59. The smallest absolute Gasteiger partial charge is 0.187 e. The lowest BCUT2D eigenvalue weighted by atomic mass is 10.3. The first kappa shape index (κ1) is 9.42. The molecule has 15 heavy (non-hydrogen) atoms. The zero-order valence-electron chi connectivity index (χ0n) is 8.72. The van der Waals surface area contributed by atoms with Gasteiger partial charge >= 0.3 is 0 Å². The molecule has 2 N–H and O–H groups in total. The molecule has 1 aromatic heterocycles. The molecule has 1 aliphatic carbocycles. The number of nitrogens with two attached hydrogens (primary N) is 1. The van der Waals surface area contributed by atoms with Gasteiger partial charge in [0, 0.05) is 32.2 Å². The molecule has 3 rings (SSSR count). The second-order valence-corrected chi connectivity index (χ2v) is 5.34. The molecule has 0 atom stereocenters. The van der Waals surface area contributed by atoms with Crippen LogP contribution in [0.5, 0.6) is 0 Å². The summed E-state index contributed by atoms with van der Waals surface area (Å²) in [5.74, 6) is 0. The highest BCUT2D eigenvalue weighted by atomic mass is 32.1. The second-order valence-electron chi connectivity index (χ2n) is 4.30. The number of rotatable bonds is 2. The Labute approximate surface area is 93.7 Å². The van der Waals surface area contributed by atoms with Gasteiger partial charge in [0.15, 0.2) is 5.13 Å². The quantitative estimate of drug-likeness (QED) is 0.814. The molecule has 0 aromatic carbocycles. The number of nitrogen functional groups attached to an aromatic ring is 1. The lowest BCUT2D eigenvalue weighted by Crippen LogP contribution is -2.47. The highest BCUT2D eigenvalue weighted by molar-refractivity contribution is 7.19. The number of piperazine rings is 1. The van der Waals surface area contributed by atoms with E-state index in [4.69, 9.17) is 5.73 Å². The van der Waals surface area contributed by atoms with Crippen molar-refractivity contribution in [3.05, 3.63) is 6.20 Å². The molecule has 0 spiro atoms. The molecule has 2 aliphatic rings. The van der Waals surface area contributed by atoms with Gasteiger partial charge in [-0.15, -0.1) is 0 Å². The fourth-order valence-electron chi connectivity index (χ4n) is 2.14. The Hall–Kier alpha value is -0.810. The maximum absolute atomic E-state index is 5.69. The first-order chi connectivity index (χ1) is 7.33. The molecule has 1 saturated heterocycles. The van der Waals surface area contributed by atoms with Crippen LogP contribution in [-0.2, 0) is 0 Å². The van der Waals surface area contributed by atoms with E-state index >= 15 is 0 Å². The van der Waals surface area contributed by atoms with E-state index in [1.807, 2.05) is 0 Å². The number of thiazole rings is 1. The molecule has 1 aromatic rings. The van der Waals surface area contributed by atoms with E-state index in [9.17, 15) is 0 Å². The number of hydrogen-bond acceptors (Lipinski definition) is 5. The Morgan fingerprint density at radius 3 is 2.53 bits per heavy atom. The van der Waals surface area contributed by atoms with Crippen LogP contribution in [-0.4, -0.2) is 42.1 Å². The van der Waals surface area contributed by atoms with Crippen molar-refractivity contribution >= 4 is 21.5 Å². The molecule has 2 fully saturated rings. The van der Waals surface area contributed by atoms with Crippen LogP contribution in [0.3, 0.4) is 0 Å². The van der Waals surface area contributed by atoms with Crippen LogP contribution >= 0.6 is 11.3 Å². The van der Waals surface area contributed by atoms with Crippen molar-refractivity contribution in [2.75, 3.05) is 36.8 Å². The minimum atomic E-state index is 0.814. The van der Waals surface area contributed by atoms with E-state index < -0.39 is 0 Å². The topological polar surface area (TPSA) is 45.4 Å². The summed E-state index contributed by atoms with van der Waals surface area (Å²) in [7, 11) is 0. The highest BCUT2D eigenvalue weighted by Crippen LogP contribution is 2.30. The molecular weight excluding hydrogens is 208 g/mol. The van der Waals surface area contributed by atoms with Crippen LogP contribution in [0.4, 0.5) is 10.1 Å². The normalized spacial score (nSPS) is 23.3. The molecular formula is C10H16N4S. The average Bonchev–Trinajstić information content (AvgIpc) is 3.02. The van der Waals surface area contributed by atoms with E-state index in [1.165, 1.54) is 25.9 Å². The monoisotopic (exact) mass is 224 g/mol. The van der Waals surface area contributed by atoms with Gasteiger partial charge in [-0.05, 0) is 12.8 Å². The van der Waals surface area contributed by atoms with Crippen LogP contribution < -0.4 is 10.6 Å². The summed E-state index contributed by atoms with van der Waals surface area (Å²) in [5, 5.41) is 1.90. The fourth-order valence-corrected chi connectivity index (χ4v) is 2.87. The van der Waals surface area contributed by atoms with Crippen molar-refractivity contribution in [1.29, 1.82) is 0 Å². The molecule has 0 radical (unpaired) electrons. The summed E-state index contributed by atoms with van der Waals surface area (Å²) in [4.78, 5) is 9.28. The van der Waals surface area contributed by atoms with E-state index in [-0.39, 0.29) is 0 Å². The van der Waals surface area contributed by atoms with E-state index in [2.05, 4.69) is 14.8 Å². The summed E-state index contributed by atoms with van der Waals surface area (Å²) in [6.45, 7) is 4.57. The van der Waals surface area contributed by atoms with Gasteiger partial charge in [-0.2, -0.15) is 0 Å². The third kappa shape index (κ3) is 1.94. The van der Waals surface area contributed by atoms with Crippen molar-refractivity contribution in [3.8, 4) is 0 Å². The fraction of sp³-hybridized carbons (Fsp3) is 0.700. The second kappa shape index (κ2) is 3.64. The maximum Gasteiger partial charge on any atom is 0.187 e. The van der Waals surface area contributed by atoms with E-state index in [0.717, 1.165) is 29.3 Å². The van der Waals surface area contributed by atoms with Gasteiger partial charge in [0.1, 0.15) is 5.00 Å². The summed E-state index contributed by atoms with van der Waals surface area (Å²) in [5.41, 5.74) is 5.69. The molecule has 1 aliphatic heterocycles.